The van der Waals surface area contributed by atoms with Gasteiger partial charge in [-0.15, -0.1) is 6.10 Å². The van der Waals surface area contributed by atoms with E-state index in [-0.39, 0.29) is 37.2 Å². The molecule has 14 atom stereocenters. The van der Waals surface area contributed by atoms with Gasteiger partial charge in [-0.05, 0) is 6.10 Å². The van der Waals surface area contributed by atoms with Gasteiger partial charge in [-0.25, -0.2) is 0 Å². The number of hydrogen-bond acceptors (Lipinski definition) is 16. The van der Waals surface area contributed by atoms with Crippen molar-refractivity contribution in [2.45, 2.75) is 85.8 Å². The number of nitrogens with two attached hydrogens (primary N) is 3. The van der Waals surface area contributed by atoms with Crippen LogP contribution in [0.3, 0.4) is 0 Å². The van der Waals surface area contributed by atoms with E-state index in [9.17, 15) is 40.9 Å². The Morgan fingerprint density at radius 3 is 1.71 bits per heavy atom. The Morgan fingerprint density at radius 1 is 0.686 bits per heavy atom. The second kappa shape index (κ2) is 13.5. The number of hydrogen-bond donors (Lipinski definition) is 11. The molecule has 204 valence electrons. The second-order valence-corrected chi connectivity index (χ2v) is 8.43. The van der Waals surface area contributed by atoms with Gasteiger partial charge in [0, 0.05) is 31.1 Å². The summed E-state index contributed by atoms with van der Waals surface area (Å²) in [7, 11) is 0. The molecular formula is C18H34N3O13U-. The summed E-state index contributed by atoms with van der Waals surface area (Å²) in [6.45, 7) is -2.09. The third-order valence-electron chi connectivity index (χ3n) is 6.19. The zero-order valence-corrected chi connectivity index (χ0v) is 22.7. The van der Waals surface area contributed by atoms with E-state index in [1.807, 2.05) is 0 Å². The maximum Gasteiger partial charge on any atom is 0.176 e. The van der Waals surface area contributed by atoms with Gasteiger partial charge in [0.25, 0.3) is 0 Å². The van der Waals surface area contributed by atoms with E-state index in [1.54, 1.807) is 0 Å². The van der Waals surface area contributed by atoms with E-state index in [4.69, 9.17) is 40.9 Å². The normalized spacial score (nSPS) is 49.5. The van der Waals surface area contributed by atoms with Gasteiger partial charge in [0.1, 0.15) is 42.9 Å². The summed E-state index contributed by atoms with van der Waals surface area (Å²) < 4.78 is 27.3. The largest absolute Gasteiger partial charge is 0.521 e. The van der Waals surface area contributed by atoms with Crippen LogP contribution in [-0.4, -0.2) is 147 Å². The fourth-order valence-corrected chi connectivity index (χ4v) is 4.07. The topological polar surface area (TPSA) is 286 Å². The van der Waals surface area contributed by atoms with Crippen molar-refractivity contribution in [3.8, 4) is 0 Å². The molecule has 0 spiro atoms. The first-order valence-electron chi connectivity index (χ1n) is 10.7. The molecule has 3 aliphatic heterocycles. The van der Waals surface area contributed by atoms with Crippen LogP contribution in [0.5, 0.6) is 0 Å². The molecular weight excluding hydrogens is 704 g/mol. The van der Waals surface area contributed by atoms with Crippen LogP contribution in [-0.2, 0) is 23.7 Å². The third kappa shape index (κ3) is 6.53. The van der Waals surface area contributed by atoms with Crippen LogP contribution in [0.25, 0.3) is 0 Å². The fourth-order valence-electron chi connectivity index (χ4n) is 4.07. The molecule has 3 fully saturated rings. The molecule has 2 unspecified atom stereocenters. The van der Waals surface area contributed by atoms with Gasteiger partial charge in [-0.3, -0.25) is 0 Å². The zero-order chi connectivity index (χ0) is 25.3. The van der Waals surface area contributed by atoms with Crippen LogP contribution in [0.1, 0.15) is 0 Å². The predicted octanol–water partition coefficient (Wildman–Crippen LogP) is -7.51. The predicted molar refractivity (Wildman–Crippen MR) is 107 cm³/mol. The van der Waals surface area contributed by atoms with Gasteiger partial charge in [-0.2, -0.15) is 0 Å². The first-order chi connectivity index (χ1) is 16.0. The molecule has 16 nitrogen and oxygen atoms in total. The van der Waals surface area contributed by atoms with Gasteiger partial charge in [0.2, 0.25) is 0 Å². The van der Waals surface area contributed by atoms with Gasteiger partial charge in [0.05, 0.1) is 37.4 Å². The van der Waals surface area contributed by atoms with Crippen molar-refractivity contribution in [2.24, 2.45) is 17.2 Å². The van der Waals surface area contributed by atoms with Gasteiger partial charge >= 0.3 is 0 Å². The van der Waals surface area contributed by atoms with Crippen LogP contribution >= 0.6 is 0 Å². The summed E-state index contributed by atoms with van der Waals surface area (Å²) in [4.78, 5) is 0. The van der Waals surface area contributed by atoms with E-state index in [0.717, 1.165) is 0 Å². The zero-order valence-electron chi connectivity index (χ0n) is 18.6. The van der Waals surface area contributed by atoms with E-state index in [1.165, 1.54) is 0 Å². The summed E-state index contributed by atoms with van der Waals surface area (Å²) in [5, 5.41) is 79.5. The van der Waals surface area contributed by atoms with Crippen molar-refractivity contribution >= 4 is 0 Å². The molecule has 14 N–H and O–H groups in total. The maximum atomic E-state index is 10.8. The smallest absolute Gasteiger partial charge is 0.176 e. The second-order valence-electron chi connectivity index (χ2n) is 8.43. The first-order valence-corrected chi connectivity index (χ1v) is 10.7. The summed E-state index contributed by atoms with van der Waals surface area (Å²) >= 11 is 0. The van der Waals surface area contributed by atoms with Gasteiger partial charge in [-0.1, -0.05) is 6.61 Å². The molecule has 0 bridgehead atoms. The Labute approximate surface area is 224 Å². The molecule has 0 aromatic heterocycles. The van der Waals surface area contributed by atoms with E-state index in [0.29, 0.717) is 0 Å². The number of aliphatic hydroxyl groups excluding tert-OH is 8. The molecule has 0 aromatic carbocycles. The molecule has 3 rings (SSSR count). The standard InChI is InChI=1S/C18H34N3O13.U/c19-7-12(27)14(5(2-23)30-16(7)29)33-18-9(21)13(28)15(6(3-24)32-18)34-17-8(20)11(26)10(25)4(1-22)31-17;/h5-18,22-29H,1-3,19-21H2;/q-1;/t5-,6-,7-,8-,9-,10-,11-,12-,13-,14?,15?,16-,17-,18+;/m1./s1. The quantitative estimate of drug-likeness (QED) is 0.108. The van der Waals surface area contributed by atoms with Crippen molar-refractivity contribution in [1.82, 2.24) is 0 Å². The van der Waals surface area contributed by atoms with Gasteiger partial charge in [0.15, 0.2) is 12.6 Å². The van der Waals surface area contributed by atoms with Crippen molar-refractivity contribution < 1.29 is 95.6 Å². The summed E-state index contributed by atoms with van der Waals surface area (Å²) in [6, 6.07) is -3.90. The van der Waals surface area contributed by atoms with Crippen molar-refractivity contribution in [1.29, 1.82) is 0 Å². The molecule has 17 heteroatoms. The Morgan fingerprint density at radius 2 is 1.17 bits per heavy atom. The molecule has 0 aliphatic carbocycles. The minimum absolute atomic E-state index is 0. The van der Waals surface area contributed by atoms with E-state index in [2.05, 4.69) is 0 Å². The van der Waals surface area contributed by atoms with Crippen LogP contribution in [0.4, 0.5) is 0 Å². The Hall–Kier alpha value is 0.412. The van der Waals surface area contributed by atoms with Crippen molar-refractivity contribution in [2.75, 3.05) is 19.8 Å². The van der Waals surface area contributed by atoms with E-state index >= 15 is 0 Å². The average molecular weight is 739 g/mol. The summed E-state index contributed by atoms with van der Waals surface area (Å²) in [6.07, 6.45) is -16.1. The Balaban J connectivity index is 0.00000432. The molecule has 0 aromatic rings. The summed E-state index contributed by atoms with van der Waals surface area (Å²) in [5.41, 5.74) is 17.6. The van der Waals surface area contributed by atoms with Crippen molar-refractivity contribution in [3.63, 3.8) is 0 Å². The minimum atomic E-state index is -1.57. The molecule has 3 heterocycles. The Bertz CT molecular complexity index is 653. The van der Waals surface area contributed by atoms with Crippen molar-refractivity contribution in [3.05, 3.63) is 6.10 Å². The van der Waals surface area contributed by atoms with E-state index < -0.39 is 106 Å². The molecule has 0 radical (unpaired) electrons. The average Bonchev–Trinajstić information content (AvgIpc) is 2.83. The van der Waals surface area contributed by atoms with Crippen LogP contribution in [0.2, 0.25) is 0 Å². The van der Waals surface area contributed by atoms with Crippen LogP contribution < -0.4 is 17.2 Å². The third-order valence-corrected chi connectivity index (χ3v) is 6.19. The SMILES string of the molecule is N[C@H]1[C@@H](OC2[C@@H](CO)O[C@@H](OC3[C@@H](CO)O[C@@H](O)[C@H](N)[C@H]3O)[C@H](N)[C@H]2O)O[C-](CO)[C@@H](O)[C@@H]1O.[U]. The number of aliphatic hydroxyl groups is 8. The molecule has 0 saturated carbocycles. The van der Waals surface area contributed by atoms with Crippen LogP contribution in [0, 0.1) is 37.2 Å². The molecule has 3 aliphatic rings. The maximum absolute atomic E-state index is 10.8. The Kier molecular flexibility index (Phi) is 12.2. The minimum Gasteiger partial charge on any atom is -0.521 e. The number of rotatable bonds is 7. The monoisotopic (exact) mass is 738 g/mol. The molecule has 35 heavy (non-hydrogen) atoms. The number of ether oxygens (including phenoxy) is 5. The fraction of sp³-hybridized carbons (Fsp3) is 0.944. The van der Waals surface area contributed by atoms with Crippen LogP contribution in [0.15, 0.2) is 0 Å². The first kappa shape index (κ1) is 31.6. The molecule has 0 amide bonds. The molecule has 3 saturated heterocycles. The van der Waals surface area contributed by atoms with Gasteiger partial charge < -0.3 is 81.7 Å². The summed E-state index contributed by atoms with van der Waals surface area (Å²) in [5.74, 6) is 0.